The fourth-order valence-electron chi connectivity index (χ4n) is 2.31. The largest absolute Gasteiger partial charge is 0.481 e. The van der Waals surface area contributed by atoms with E-state index >= 15 is 0 Å². The Morgan fingerprint density at radius 1 is 1.35 bits per heavy atom. The van der Waals surface area contributed by atoms with Gasteiger partial charge >= 0.3 is 12.1 Å². The van der Waals surface area contributed by atoms with Gasteiger partial charge < -0.3 is 9.47 Å². The molecule has 1 aromatic heterocycles. The molecule has 0 unspecified atom stereocenters. The van der Waals surface area contributed by atoms with Crippen LogP contribution in [-0.2, 0) is 15.7 Å². The van der Waals surface area contributed by atoms with Crippen LogP contribution in [-0.4, -0.2) is 25.2 Å². The molecule has 20 heavy (non-hydrogen) atoms. The summed E-state index contributed by atoms with van der Waals surface area (Å²) in [7, 11) is 2.44. The zero-order chi connectivity index (χ0) is 14.9. The Labute approximate surface area is 113 Å². The molecule has 0 N–H and O–H groups in total. The number of hydrogen-bond acceptors (Lipinski definition) is 4. The topological polar surface area (TPSA) is 48.4 Å². The van der Waals surface area contributed by atoms with E-state index in [1.807, 2.05) is 0 Å². The zero-order valence-corrected chi connectivity index (χ0v) is 11.0. The minimum atomic E-state index is -4.51. The number of methoxy groups -OCH3 is 2. The van der Waals surface area contributed by atoms with Crippen molar-refractivity contribution in [2.45, 2.75) is 24.9 Å². The van der Waals surface area contributed by atoms with E-state index in [1.54, 1.807) is 0 Å². The first-order chi connectivity index (χ1) is 9.36. The summed E-state index contributed by atoms with van der Waals surface area (Å²) in [5.41, 5.74) is -0.419. The number of pyridine rings is 1. The number of carbonyl (C=O) groups excluding carboxylic acids is 1. The minimum absolute atomic E-state index is 0.0985. The molecule has 0 bridgehead atoms. The van der Waals surface area contributed by atoms with Crippen LogP contribution < -0.4 is 4.74 Å². The molecule has 4 nitrogen and oxygen atoms in total. The van der Waals surface area contributed by atoms with E-state index < -0.39 is 17.6 Å². The Morgan fingerprint density at radius 3 is 2.50 bits per heavy atom. The highest BCUT2D eigenvalue weighted by atomic mass is 19.4. The summed E-state index contributed by atoms with van der Waals surface area (Å²) in [5.74, 6) is -1.09. The van der Waals surface area contributed by atoms with Crippen molar-refractivity contribution >= 4 is 5.97 Å². The van der Waals surface area contributed by atoms with Gasteiger partial charge in [-0.05, 0) is 30.4 Å². The van der Waals surface area contributed by atoms with Gasteiger partial charge in [0.1, 0.15) is 5.56 Å². The monoisotopic (exact) mass is 289 g/mol. The summed E-state index contributed by atoms with van der Waals surface area (Å²) in [5, 5.41) is 0. The van der Waals surface area contributed by atoms with Crippen LogP contribution in [0.25, 0.3) is 0 Å². The fourth-order valence-corrected chi connectivity index (χ4v) is 2.31. The van der Waals surface area contributed by atoms with Gasteiger partial charge in [0, 0.05) is 6.20 Å². The molecule has 0 atom stereocenters. The molecular formula is C13H14F3NO3. The lowest BCUT2D eigenvalue weighted by molar-refractivity contribution is -0.149. The van der Waals surface area contributed by atoms with Gasteiger partial charge in [-0.1, -0.05) is 0 Å². The van der Waals surface area contributed by atoms with E-state index in [0.29, 0.717) is 18.4 Å². The van der Waals surface area contributed by atoms with Crippen molar-refractivity contribution in [3.05, 3.63) is 23.4 Å². The first-order valence-electron chi connectivity index (χ1n) is 6.05. The van der Waals surface area contributed by atoms with Gasteiger partial charge in [0.25, 0.3) is 0 Å². The van der Waals surface area contributed by atoms with Gasteiger partial charge in [-0.15, -0.1) is 0 Å². The second-order valence-corrected chi connectivity index (χ2v) is 4.71. The lowest BCUT2D eigenvalue weighted by Crippen LogP contribution is -2.30. The van der Waals surface area contributed by atoms with Crippen LogP contribution in [0.4, 0.5) is 13.2 Å². The molecule has 0 amide bonds. The molecule has 0 saturated heterocycles. The van der Waals surface area contributed by atoms with Crippen molar-refractivity contribution in [1.82, 2.24) is 4.98 Å². The Morgan fingerprint density at radius 2 is 2.00 bits per heavy atom. The number of nitrogens with zero attached hydrogens (tertiary/aromatic N) is 1. The van der Waals surface area contributed by atoms with Crippen LogP contribution in [0, 0.1) is 5.92 Å². The van der Waals surface area contributed by atoms with Crippen molar-refractivity contribution in [2.24, 2.45) is 5.92 Å². The lowest BCUT2D eigenvalue weighted by Gasteiger charge is -2.33. The highest BCUT2D eigenvalue weighted by molar-refractivity contribution is 5.73. The van der Waals surface area contributed by atoms with Crippen LogP contribution in [0.5, 0.6) is 5.88 Å². The Hall–Kier alpha value is -1.79. The average molecular weight is 289 g/mol. The number of esters is 1. The van der Waals surface area contributed by atoms with Gasteiger partial charge in [-0.2, -0.15) is 13.2 Å². The fraction of sp³-hybridized carbons (Fsp3) is 0.538. The number of hydrogen-bond donors (Lipinski definition) is 0. The molecule has 7 heteroatoms. The standard InChI is InChI=1S/C13H14F3NO3/c1-19-11-10(13(14,15)16)5-9(6-17-11)7-3-8(4-7)12(18)20-2/h5-8H,3-4H2,1-2H3. The number of ether oxygens (including phenoxy) is 2. The maximum Gasteiger partial charge on any atom is 0.421 e. The van der Waals surface area contributed by atoms with Crippen molar-refractivity contribution in [1.29, 1.82) is 0 Å². The summed E-state index contributed by atoms with van der Waals surface area (Å²) >= 11 is 0. The summed E-state index contributed by atoms with van der Waals surface area (Å²) in [6.07, 6.45) is -2.18. The maximum absolute atomic E-state index is 12.9. The second-order valence-electron chi connectivity index (χ2n) is 4.71. The molecule has 1 fully saturated rings. The van der Waals surface area contributed by atoms with E-state index in [1.165, 1.54) is 13.3 Å². The number of aromatic nitrogens is 1. The van der Waals surface area contributed by atoms with Gasteiger partial charge in [0.05, 0.1) is 20.1 Å². The summed E-state index contributed by atoms with van der Waals surface area (Å²) < 4.78 is 47.8. The van der Waals surface area contributed by atoms with E-state index in [0.717, 1.165) is 13.2 Å². The predicted molar refractivity (Wildman–Crippen MR) is 63.3 cm³/mol. The van der Waals surface area contributed by atoms with Crippen molar-refractivity contribution < 1.29 is 27.4 Å². The molecule has 0 spiro atoms. The Bertz CT molecular complexity index is 510. The van der Waals surface area contributed by atoms with Gasteiger partial charge in [-0.25, -0.2) is 4.98 Å². The smallest absolute Gasteiger partial charge is 0.421 e. The summed E-state index contributed by atoms with van der Waals surface area (Å²) in [4.78, 5) is 15.0. The lowest BCUT2D eigenvalue weighted by atomic mass is 9.71. The van der Waals surface area contributed by atoms with Gasteiger partial charge in [0.15, 0.2) is 0 Å². The third kappa shape index (κ3) is 2.71. The molecule has 2 rings (SSSR count). The van der Waals surface area contributed by atoms with Crippen LogP contribution in [0.15, 0.2) is 12.3 Å². The SMILES string of the molecule is COC(=O)C1CC(c2cnc(OC)c(C(F)(F)F)c2)C1. The summed E-state index contributed by atoms with van der Waals surface area (Å²) in [6, 6.07) is 1.05. The molecule has 1 aromatic rings. The van der Waals surface area contributed by atoms with E-state index in [-0.39, 0.29) is 17.8 Å². The molecule has 0 aromatic carbocycles. The molecule has 0 radical (unpaired) electrons. The summed E-state index contributed by atoms with van der Waals surface area (Å²) in [6.45, 7) is 0. The van der Waals surface area contributed by atoms with Crippen LogP contribution >= 0.6 is 0 Å². The second kappa shape index (κ2) is 5.30. The predicted octanol–water partition coefficient (Wildman–Crippen LogP) is 2.78. The van der Waals surface area contributed by atoms with Crippen LogP contribution in [0.1, 0.15) is 29.9 Å². The maximum atomic E-state index is 12.9. The molecular weight excluding hydrogens is 275 g/mol. The van der Waals surface area contributed by atoms with Gasteiger partial charge in [-0.3, -0.25) is 4.79 Å². The van der Waals surface area contributed by atoms with Crippen molar-refractivity contribution in [3.63, 3.8) is 0 Å². The number of rotatable bonds is 3. The minimum Gasteiger partial charge on any atom is -0.481 e. The quantitative estimate of drug-likeness (QED) is 0.803. The van der Waals surface area contributed by atoms with E-state index in [4.69, 9.17) is 0 Å². The van der Waals surface area contributed by atoms with E-state index in [9.17, 15) is 18.0 Å². The Balaban J connectivity index is 2.17. The third-order valence-electron chi connectivity index (χ3n) is 3.52. The normalized spacial score (nSPS) is 22.1. The molecule has 1 aliphatic carbocycles. The number of carbonyl (C=O) groups is 1. The molecule has 110 valence electrons. The first kappa shape index (κ1) is 14.6. The van der Waals surface area contributed by atoms with Crippen molar-refractivity contribution in [3.8, 4) is 5.88 Å². The highest BCUT2D eigenvalue weighted by Gasteiger charge is 2.39. The number of alkyl halides is 3. The van der Waals surface area contributed by atoms with E-state index in [2.05, 4.69) is 14.5 Å². The van der Waals surface area contributed by atoms with Crippen molar-refractivity contribution in [2.75, 3.05) is 14.2 Å². The first-order valence-corrected chi connectivity index (χ1v) is 6.05. The third-order valence-corrected chi connectivity index (χ3v) is 3.52. The zero-order valence-electron chi connectivity index (χ0n) is 11.0. The Kier molecular flexibility index (Phi) is 3.87. The van der Waals surface area contributed by atoms with Crippen LogP contribution in [0.3, 0.4) is 0 Å². The van der Waals surface area contributed by atoms with Crippen LogP contribution in [0.2, 0.25) is 0 Å². The highest BCUT2D eigenvalue weighted by Crippen LogP contribution is 2.44. The molecule has 1 aliphatic rings. The van der Waals surface area contributed by atoms with Gasteiger partial charge in [0.2, 0.25) is 5.88 Å². The molecule has 0 aliphatic heterocycles. The average Bonchev–Trinajstić information content (AvgIpc) is 2.35. The molecule has 1 saturated carbocycles. The molecule has 1 heterocycles. The number of halogens is 3.